The summed E-state index contributed by atoms with van der Waals surface area (Å²) in [7, 11) is -1.98. The molecule has 1 amide bonds. The lowest BCUT2D eigenvalue weighted by atomic mass is 10.4. The van der Waals surface area contributed by atoms with Gasteiger partial charge < -0.3 is 10.0 Å². The van der Waals surface area contributed by atoms with Crippen molar-refractivity contribution in [1.82, 2.24) is 9.21 Å². The second kappa shape index (κ2) is 6.04. The first kappa shape index (κ1) is 14.3. The Morgan fingerprint density at radius 1 is 1.40 bits per heavy atom. The van der Waals surface area contributed by atoms with E-state index in [0.29, 0.717) is 6.54 Å². The number of carbonyl (C=O) groups is 1. The predicted octanol–water partition coefficient (Wildman–Crippen LogP) is -1.28. The first-order chi connectivity index (χ1) is 6.82. The molecule has 15 heavy (non-hydrogen) atoms. The van der Waals surface area contributed by atoms with Crippen LogP contribution in [0.2, 0.25) is 0 Å². The van der Waals surface area contributed by atoms with Gasteiger partial charge in [0.25, 0.3) is 0 Å². The molecule has 0 aromatic carbocycles. The number of aliphatic hydroxyl groups excluding tert-OH is 1. The number of amides is 1. The van der Waals surface area contributed by atoms with Crippen molar-refractivity contribution in [1.29, 1.82) is 0 Å². The molecule has 0 aliphatic heterocycles. The van der Waals surface area contributed by atoms with Gasteiger partial charge >= 0.3 is 0 Å². The Bertz CT molecular complexity index is 302. The van der Waals surface area contributed by atoms with Gasteiger partial charge in [0.1, 0.15) is 0 Å². The van der Waals surface area contributed by atoms with Gasteiger partial charge in [0.2, 0.25) is 15.9 Å². The average molecular weight is 238 g/mol. The van der Waals surface area contributed by atoms with Gasteiger partial charge in [-0.25, -0.2) is 8.42 Å². The first-order valence-corrected chi connectivity index (χ1v) is 6.47. The fourth-order valence-corrected chi connectivity index (χ4v) is 1.33. The highest BCUT2D eigenvalue weighted by molar-refractivity contribution is 7.88. The SMILES string of the molecule is CCN(CCO)C(=O)CN(C)S(C)(=O)=O. The molecule has 7 heteroatoms. The lowest BCUT2D eigenvalue weighted by molar-refractivity contribution is -0.131. The third-order valence-electron chi connectivity index (χ3n) is 2.03. The quantitative estimate of drug-likeness (QED) is 0.625. The molecule has 0 rings (SSSR count). The molecule has 0 spiro atoms. The standard InChI is InChI=1S/C8H18N2O4S/c1-4-10(5-6-11)8(12)7-9(2)15(3,13)14/h11H,4-7H2,1-3H3. The molecule has 0 aromatic heterocycles. The molecule has 0 heterocycles. The van der Waals surface area contributed by atoms with Crippen molar-refractivity contribution in [3.8, 4) is 0 Å². The van der Waals surface area contributed by atoms with Crippen LogP contribution in [0.5, 0.6) is 0 Å². The van der Waals surface area contributed by atoms with Gasteiger partial charge in [-0.1, -0.05) is 0 Å². The van der Waals surface area contributed by atoms with Gasteiger partial charge in [-0.15, -0.1) is 0 Å². The molecule has 0 atom stereocenters. The molecule has 0 radical (unpaired) electrons. The van der Waals surface area contributed by atoms with E-state index in [9.17, 15) is 13.2 Å². The van der Waals surface area contributed by atoms with Crippen molar-refractivity contribution < 1.29 is 18.3 Å². The second-order valence-electron chi connectivity index (χ2n) is 3.22. The van der Waals surface area contributed by atoms with Gasteiger partial charge in [0.05, 0.1) is 19.4 Å². The Morgan fingerprint density at radius 3 is 2.27 bits per heavy atom. The summed E-state index contributed by atoms with van der Waals surface area (Å²) < 4.78 is 23.1. The monoisotopic (exact) mass is 238 g/mol. The highest BCUT2D eigenvalue weighted by Gasteiger charge is 2.18. The molecule has 0 aliphatic rings. The smallest absolute Gasteiger partial charge is 0.237 e. The largest absolute Gasteiger partial charge is 0.395 e. The first-order valence-electron chi connectivity index (χ1n) is 4.62. The fourth-order valence-electron chi connectivity index (χ4n) is 0.988. The Kier molecular flexibility index (Phi) is 5.77. The van der Waals surface area contributed by atoms with Gasteiger partial charge in [-0.3, -0.25) is 4.79 Å². The molecule has 0 fully saturated rings. The number of nitrogens with zero attached hydrogens (tertiary/aromatic N) is 2. The predicted molar refractivity (Wildman–Crippen MR) is 56.8 cm³/mol. The third-order valence-corrected chi connectivity index (χ3v) is 3.29. The van der Waals surface area contributed by atoms with E-state index in [1.807, 2.05) is 0 Å². The number of carbonyl (C=O) groups excluding carboxylic acids is 1. The van der Waals surface area contributed by atoms with Crippen LogP contribution in [-0.4, -0.2) is 68.2 Å². The summed E-state index contributed by atoms with van der Waals surface area (Å²) in [6, 6.07) is 0. The minimum absolute atomic E-state index is 0.123. The van der Waals surface area contributed by atoms with Crippen molar-refractivity contribution in [2.45, 2.75) is 6.92 Å². The zero-order chi connectivity index (χ0) is 12.1. The number of hydrogen-bond acceptors (Lipinski definition) is 4. The van der Waals surface area contributed by atoms with Crippen molar-refractivity contribution in [3.63, 3.8) is 0 Å². The molecule has 0 aliphatic carbocycles. The molecule has 0 saturated carbocycles. The lowest BCUT2D eigenvalue weighted by Crippen LogP contribution is -2.41. The van der Waals surface area contributed by atoms with Crippen LogP contribution >= 0.6 is 0 Å². The van der Waals surface area contributed by atoms with Crippen LogP contribution in [0.4, 0.5) is 0 Å². The number of hydrogen-bond donors (Lipinski definition) is 1. The zero-order valence-corrected chi connectivity index (χ0v) is 10.1. The molecule has 6 nitrogen and oxygen atoms in total. The molecule has 0 unspecified atom stereocenters. The summed E-state index contributed by atoms with van der Waals surface area (Å²) in [5, 5.41) is 8.68. The van der Waals surface area contributed by atoms with Crippen molar-refractivity contribution in [2.24, 2.45) is 0 Å². The Balaban J connectivity index is 4.35. The molecule has 0 bridgehead atoms. The molecular formula is C8H18N2O4S. The lowest BCUT2D eigenvalue weighted by Gasteiger charge is -2.22. The Labute approximate surface area is 90.5 Å². The van der Waals surface area contributed by atoms with Crippen LogP contribution in [0.3, 0.4) is 0 Å². The van der Waals surface area contributed by atoms with Crippen LogP contribution in [0.15, 0.2) is 0 Å². The van der Waals surface area contributed by atoms with Gasteiger partial charge in [0.15, 0.2) is 0 Å². The van der Waals surface area contributed by atoms with E-state index in [1.54, 1.807) is 6.92 Å². The zero-order valence-electron chi connectivity index (χ0n) is 9.30. The van der Waals surface area contributed by atoms with E-state index >= 15 is 0 Å². The van der Waals surface area contributed by atoms with E-state index in [0.717, 1.165) is 10.6 Å². The van der Waals surface area contributed by atoms with E-state index in [4.69, 9.17) is 5.11 Å². The van der Waals surface area contributed by atoms with Crippen LogP contribution in [-0.2, 0) is 14.8 Å². The number of sulfonamides is 1. The maximum Gasteiger partial charge on any atom is 0.237 e. The van der Waals surface area contributed by atoms with Crippen molar-refractivity contribution >= 4 is 15.9 Å². The topological polar surface area (TPSA) is 77.9 Å². The van der Waals surface area contributed by atoms with Crippen LogP contribution < -0.4 is 0 Å². The summed E-state index contributed by atoms with van der Waals surface area (Å²) in [4.78, 5) is 12.9. The van der Waals surface area contributed by atoms with E-state index in [1.165, 1.54) is 11.9 Å². The third kappa shape index (κ3) is 5.10. The van der Waals surface area contributed by atoms with Crippen LogP contribution in [0.25, 0.3) is 0 Å². The molecular weight excluding hydrogens is 220 g/mol. The van der Waals surface area contributed by atoms with E-state index in [-0.39, 0.29) is 25.6 Å². The van der Waals surface area contributed by atoms with Crippen molar-refractivity contribution in [2.75, 3.05) is 39.5 Å². The number of rotatable bonds is 6. The Morgan fingerprint density at radius 2 is 1.93 bits per heavy atom. The minimum Gasteiger partial charge on any atom is -0.395 e. The van der Waals surface area contributed by atoms with Crippen LogP contribution in [0, 0.1) is 0 Å². The van der Waals surface area contributed by atoms with E-state index in [2.05, 4.69) is 0 Å². The summed E-state index contributed by atoms with van der Waals surface area (Å²) in [6.45, 7) is 2.15. The molecule has 1 N–H and O–H groups in total. The summed E-state index contributed by atoms with van der Waals surface area (Å²) in [6.07, 6.45) is 1.04. The average Bonchev–Trinajstić information content (AvgIpc) is 2.12. The van der Waals surface area contributed by atoms with Gasteiger partial charge in [-0.05, 0) is 6.92 Å². The maximum atomic E-state index is 11.5. The second-order valence-corrected chi connectivity index (χ2v) is 5.31. The Hall–Kier alpha value is -0.660. The molecule has 90 valence electrons. The number of likely N-dealkylation sites (N-methyl/N-ethyl adjacent to an activating group) is 2. The highest BCUT2D eigenvalue weighted by atomic mass is 32.2. The van der Waals surface area contributed by atoms with Gasteiger partial charge in [-0.2, -0.15) is 4.31 Å². The molecule has 0 saturated heterocycles. The number of aliphatic hydroxyl groups is 1. The maximum absolute atomic E-state index is 11.5. The summed E-state index contributed by atoms with van der Waals surface area (Å²) >= 11 is 0. The minimum atomic E-state index is -3.33. The van der Waals surface area contributed by atoms with Gasteiger partial charge in [0, 0.05) is 20.1 Å². The normalized spacial score (nSPS) is 11.8. The van der Waals surface area contributed by atoms with E-state index < -0.39 is 10.0 Å². The van der Waals surface area contributed by atoms with Crippen LogP contribution in [0.1, 0.15) is 6.92 Å². The molecule has 0 aromatic rings. The van der Waals surface area contributed by atoms with Crippen molar-refractivity contribution in [3.05, 3.63) is 0 Å². The summed E-state index contributed by atoms with van der Waals surface area (Å²) in [5.41, 5.74) is 0. The fraction of sp³-hybridized carbons (Fsp3) is 0.875. The highest BCUT2D eigenvalue weighted by Crippen LogP contribution is 1.96. The summed E-state index contributed by atoms with van der Waals surface area (Å²) in [5.74, 6) is -0.306.